The summed E-state index contributed by atoms with van der Waals surface area (Å²) in [7, 11) is 5.42. The number of aromatic nitrogens is 4. The molecule has 1 aliphatic rings. The zero-order chi connectivity index (χ0) is 22.0. The van der Waals surface area contributed by atoms with Gasteiger partial charge in [0.25, 0.3) is 5.91 Å². The summed E-state index contributed by atoms with van der Waals surface area (Å²) in [5, 5.41) is 3.96. The third-order valence-corrected chi connectivity index (χ3v) is 5.91. The van der Waals surface area contributed by atoms with Gasteiger partial charge in [-0.3, -0.25) is 4.79 Å². The Balaban J connectivity index is 1.70. The number of aryl methyl sites for hydroxylation is 1. The van der Waals surface area contributed by atoms with Gasteiger partial charge in [-0.25, -0.2) is 9.97 Å². The lowest BCUT2D eigenvalue weighted by Gasteiger charge is -2.33. The lowest BCUT2D eigenvalue weighted by Crippen LogP contribution is -2.42. The van der Waals surface area contributed by atoms with E-state index in [4.69, 9.17) is 14.5 Å². The van der Waals surface area contributed by atoms with E-state index in [1.165, 1.54) is 0 Å². The molecule has 162 valence electrons. The molecule has 3 aromatic rings. The number of nitrogens with zero attached hydrogens (tertiary/aromatic N) is 6. The minimum atomic E-state index is -0.387. The van der Waals surface area contributed by atoms with E-state index in [2.05, 4.69) is 14.6 Å². The molecular weight excluding hydrogens is 416 g/mol. The SMILES string of the molecule is COc1cccc(-c2cnc(N(C)C)nc2C2CN(C(=O)c3snnc3C)CCO2)c1. The van der Waals surface area contributed by atoms with Crippen LogP contribution in [0.2, 0.25) is 0 Å². The van der Waals surface area contributed by atoms with Crippen molar-refractivity contribution in [3.63, 3.8) is 0 Å². The Bertz CT molecular complexity index is 1090. The van der Waals surface area contributed by atoms with Gasteiger partial charge in [-0.05, 0) is 36.2 Å². The quantitative estimate of drug-likeness (QED) is 0.598. The summed E-state index contributed by atoms with van der Waals surface area (Å²) < 4.78 is 15.4. The molecule has 1 aliphatic heterocycles. The Hall–Kier alpha value is -3.11. The van der Waals surface area contributed by atoms with Gasteiger partial charge in [0, 0.05) is 32.4 Å². The summed E-state index contributed by atoms with van der Waals surface area (Å²) in [5.74, 6) is 1.25. The van der Waals surface area contributed by atoms with Crippen LogP contribution in [0.15, 0.2) is 30.5 Å². The van der Waals surface area contributed by atoms with Crippen LogP contribution in [-0.2, 0) is 4.74 Å². The predicted octanol–water partition coefficient (Wildman–Crippen LogP) is 2.59. The first-order valence-electron chi connectivity index (χ1n) is 9.86. The minimum Gasteiger partial charge on any atom is -0.497 e. The topological polar surface area (TPSA) is 93.6 Å². The molecule has 10 heteroatoms. The van der Waals surface area contributed by atoms with Crippen molar-refractivity contribution in [2.24, 2.45) is 0 Å². The number of rotatable bonds is 5. The molecule has 31 heavy (non-hydrogen) atoms. The fraction of sp³-hybridized carbons (Fsp3) is 0.381. The van der Waals surface area contributed by atoms with E-state index in [1.54, 1.807) is 25.1 Å². The van der Waals surface area contributed by atoms with E-state index in [1.807, 2.05) is 43.3 Å². The van der Waals surface area contributed by atoms with E-state index in [0.29, 0.717) is 36.2 Å². The van der Waals surface area contributed by atoms with Crippen molar-refractivity contribution >= 4 is 23.4 Å². The number of hydrogen-bond donors (Lipinski definition) is 0. The molecule has 4 rings (SSSR count). The summed E-state index contributed by atoms with van der Waals surface area (Å²) >= 11 is 1.12. The van der Waals surface area contributed by atoms with Crippen molar-refractivity contribution in [1.29, 1.82) is 0 Å². The predicted molar refractivity (Wildman–Crippen MR) is 118 cm³/mol. The lowest BCUT2D eigenvalue weighted by atomic mass is 10.0. The van der Waals surface area contributed by atoms with Gasteiger partial charge in [0.1, 0.15) is 16.7 Å². The molecule has 3 heterocycles. The molecule has 1 amide bonds. The molecule has 0 spiro atoms. The molecule has 2 aromatic heterocycles. The summed E-state index contributed by atoms with van der Waals surface area (Å²) in [6.45, 7) is 3.10. The number of methoxy groups -OCH3 is 1. The van der Waals surface area contributed by atoms with Crippen molar-refractivity contribution in [3.05, 3.63) is 46.7 Å². The highest BCUT2D eigenvalue weighted by atomic mass is 32.1. The fourth-order valence-electron chi connectivity index (χ4n) is 3.43. The Labute approximate surface area is 184 Å². The molecular formula is C21H24N6O3S. The van der Waals surface area contributed by atoms with Crippen LogP contribution in [0, 0.1) is 6.92 Å². The maximum absolute atomic E-state index is 13.0. The molecule has 1 unspecified atom stereocenters. The van der Waals surface area contributed by atoms with Crippen LogP contribution in [0.5, 0.6) is 5.75 Å². The van der Waals surface area contributed by atoms with E-state index in [-0.39, 0.29) is 12.0 Å². The molecule has 9 nitrogen and oxygen atoms in total. The van der Waals surface area contributed by atoms with Crippen molar-refractivity contribution in [3.8, 4) is 16.9 Å². The van der Waals surface area contributed by atoms with Gasteiger partial charge in [-0.1, -0.05) is 16.6 Å². The third kappa shape index (κ3) is 4.35. The number of carbonyl (C=O) groups is 1. The molecule has 0 aliphatic carbocycles. The van der Waals surface area contributed by atoms with Crippen LogP contribution < -0.4 is 9.64 Å². The second-order valence-corrected chi connectivity index (χ2v) is 8.15. The van der Waals surface area contributed by atoms with E-state index < -0.39 is 0 Å². The first kappa shape index (κ1) is 21.1. The van der Waals surface area contributed by atoms with Crippen molar-refractivity contribution < 1.29 is 14.3 Å². The maximum Gasteiger partial charge on any atom is 0.267 e. The van der Waals surface area contributed by atoms with Crippen LogP contribution in [0.1, 0.15) is 27.2 Å². The first-order valence-corrected chi connectivity index (χ1v) is 10.6. The van der Waals surface area contributed by atoms with Gasteiger partial charge in [0.2, 0.25) is 5.95 Å². The van der Waals surface area contributed by atoms with Gasteiger partial charge < -0.3 is 19.3 Å². The van der Waals surface area contributed by atoms with E-state index in [9.17, 15) is 4.79 Å². The van der Waals surface area contributed by atoms with Gasteiger partial charge in [0.05, 0.1) is 31.6 Å². The van der Waals surface area contributed by atoms with Crippen LogP contribution in [0.25, 0.3) is 11.1 Å². The van der Waals surface area contributed by atoms with Crippen LogP contribution in [-0.4, -0.2) is 71.3 Å². The molecule has 0 radical (unpaired) electrons. The zero-order valence-electron chi connectivity index (χ0n) is 17.9. The largest absolute Gasteiger partial charge is 0.497 e. The van der Waals surface area contributed by atoms with Gasteiger partial charge >= 0.3 is 0 Å². The lowest BCUT2D eigenvalue weighted by molar-refractivity contribution is -0.0243. The molecule has 1 fully saturated rings. The smallest absolute Gasteiger partial charge is 0.267 e. The third-order valence-electron chi connectivity index (χ3n) is 5.09. The van der Waals surface area contributed by atoms with Crippen molar-refractivity contribution in [2.75, 3.05) is 45.8 Å². The van der Waals surface area contributed by atoms with Gasteiger partial charge in [-0.15, -0.1) is 5.10 Å². The molecule has 1 aromatic carbocycles. The number of carbonyl (C=O) groups excluding carboxylic acids is 1. The van der Waals surface area contributed by atoms with Crippen LogP contribution >= 0.6 is 11.5 Å². The minimum absolute atomic E-state index is 0.0781. The monoisotopic (exact) mass is 440 g/mol. The number of benzene rings is 1. The average molecular weight is 441 g/mol. The molecule has 1 saturated heterocycles. The second kappa shape index (κ2) is 8.94. The number of hydrogen-bond acceptors (Lipinski definition) is 9. The van der Waals surface area contributed by atoms with Crippen LogP contribution in [0.3, 0.4) is 0 Å². The highest BCUT2D eigenvalue weighted by Gasteiger charge is 2.31. The fourth-order valence-corrected chi connectivity index (χ4v) is 4.05. The van der Waals surface area contributed by atoms with Gasteiger partial charge in [0.15, 0.2) is 0 Å². The number of anilines is 1. The summed E-state index contributed by atoms with van der Waals surface area (Å²) in [6, 6.07) is 7.74. The molecule has 0 N–H and O–H groups in total. The van der Waals surface area contributed by atoms with Crippen LogP contribution in [0.4, 0.5) is 5.95 Å². The average Bonchev–Trinajstić information content (AvgIpc) is 3.24. The van der Waals surface area contributed by atoms with E-state index in [0.717, 1.165) is 34.1 Å². The summed E-state index contributed by atoms with van der Waals surface area (Å²) in [5.41, 5.74) is 3.16. The number of amides is 1. The Morgan fingerprint density at radius 3 is 2.90 bits per heavy atom. The Kier molecular flexibility index (Phi) is 6.10. The summed E-state index contributed by atoms with van der Waals surface area (Å²) in [6.07, 6.45) is 1.41. The molecule has 0 saturated carbocycles. The normalized spacial score (nSPS) is 16.3. The zero-order valence-corrected chi connectivity index (χ0v) is 18.7. The van der Waals surface area contributed by atoms with Crippen molar-refractivity contribution in [1.82, 2.24) is 24.5 Å². The molecule has 0 bridgehead atoms. The van der Waals surface area contributed by atoms with Crippen molar-refractivity contribution in [2.45, 2.75) is 13.0 Å². The Morgan fingerprint density at radius 2 is 2.19 bits per heavy atom. The summed E-state index contributed by atoms with van der Waals surface area (Å²) in [4.78, 5) is 26.5. The highest BCUT2D eigenvalue weighted by molar-refractivity contribution is 7.07. The first-order chi connectivity index (χ1) is 15.0. The standard InChI is InChI=1S/C21H24N6O3S/c1-13-19(31-25-24-13)20(28)27-8-9-30-17(12-27)18-16(11-22-21(23-18)26(2)3)14-6-5-7-15(10-14)29-4/h5-7,10-11,17H,8-9,12H2,1-4H3. The maximum atomic E-state index is 13.0. The highest BCUT2D eigenvalue weighted by Crippen LogP contribution is 2.33. The Morgan fingerprint density at radius 1 is 1.35 bits per heavy atom. The number of ether oxygens (including phenoxy) is 2. The second-order valence-electron chi connectivity index (χ2n) is 7.39. The molecule has 1 atom stereocenters. The van der Waals surface area contributed by atoms with E-state index >= 15 is 0 Å². The number of morpholine rings is 1. The van der Waals surface area contributed by atoms with Gasteiger partial charge in [-0.2, -0.15) is 0 Å².